The first-order valence-electron chi connectivity index (χ1n) is 6.16. The fourth-order valence-corrected chi connectivity index (χ4v) is 2.75. The highest BCUT2D eigenvalue weighted by molar-refractivity contribution is 5.80. The molecule has 0 spiro atoms. The zero-order valence-electron chi connectivity index (χ0n) is 9.88. The molecule has 1 rings (SSSR count). The Kier molecular flexibility index (Phi) is 4.64. The van der Waals surface area contributed by atoms with Crippen molar-refractivity contribution >= 4 is 5.78 Å². The average Bonchev–Trinajstić information content (AvgIpc) is 2.16. The van der Waals surface area contributed by atoms with Gasteiger partial charge in [0, 0.05) is 12.3 Å². The van der Waals surface area contributed by atoms with Gasteiger partial charge in [-0.2, -0.15) is 0 Å². The summed E-state index contributed by atoms with van der Waals surface area (Å²) in [5.74, 6) is 2.51. The number of ketones is 1. The molecule has 0 N–H and O–H groups in total. The van der Waals surface area contributed by atoms with E-state index in [-0.39, 0.29) is 0 Å². The van der Waals surface area contributed by atoms with Crippen molar-refractivity contribution in [2.24, 2.45) is 17.8 Å². The van der Waals surface area contributed by atoms with E-state index in [2.05, 4.69) is 13.8 Å². The summed E-state index contributed by atoms with van der Waals surface area (Å²) in [5.41, 5.74) is 0. The predicted molar refractivity (Wildman–Crippen MR) is 60.2 cm³/mol. The fraction of sp³-hybridized carbons (Fsp3) is 0.923. The van der Waals surface area contributed by atoms with Crippen molar-refractivity contribution in [3.05, 3.63) is 0 Å². The first-order chi connectivity index (χ1) is 6.63. The molecule has 1 nitrogen and oxygen atoms in total. The fourth-order valence-electron chi connectivity index (χ4n) is 2.75. The number of carbonyl (C=O) groups is 1. The number of rotatable bonds is 4. The van der Waals surface area contributed by atoms with E-state index in [1.165, 1.54) is 25.7 Å². The van der Waals surface area contributed by atoms with Gasteiger partial charge < -0.3 is 0 Å². The van der Waals surface area contributed by atoms with Crippen LogP contribution in [-0.2, 0) is 4.79 Å². The molecule has 0 heterocycles. The SMILES string of the molecule is CCC(=O)C1CCCC(CC(C)C)C1. The average molecular weight is 196 g/mol. The van der Waals surface area contributed by atoms with E-state index in [0.29, 0.717) is 11.7 Å². The van der Waals surface area contributed by atoms with Crippen LogP contribution in [0, 0.1) is 17.8 Å². The molecule has 2 atom stereocenters. The van der Waals surface area contributed by atoms with Gasteiger partial charge in [0.25, 0.3) is 0 Å². The molecule has 1 aliphatic carbocycles. The van der Waals surface area contributed by atoms with Crippen molar-refractivity contribution in [2.75, 3.05) is 0 Å². The monoisotopic (exact) mass is 196 g/mol. The highest BCUT2D eigenvalue weighted by Gasteiger charge is 2.26. The molecule has 1 heteroatoms. The van der Waals surface area contributed by atoms with Crippen molar-refractivity contribution in [3.63, 3.8) is 0 Å². The van der Waals surface area contributed by atoms with Crippen LogP contribution in [0.2, 0.25) is 0 Å². The molecule has 0 aromatic heterocycles. The van der Waals surface area contributed by atoms with Crippen LogP contribution in [0.15, 0.2) is 0 Å². The van der Waals surface area contributed by atoms with Gasteiger partial charge in [-0.3, -0.25) is 4.79 Å². The van der Waals surface area contributed by atoms with E-state index in [9.17, 15) is 4.79 Å². The lowest BCUT2D eigenvalue weighted by molar-refractivity contribution is -0.124. The van der Waals surface area contributed by atoms with Crippen LogP contribution in [0.25, 0.3) is 0 Å². The summed E-state index contributed by atoms with van der Waals surface area (Å²) < 4.78 is 0. The molecule has 0 amide bonds. The van der Waals surface area contributed by atoms with Crippen LogP contribution in [-0.4, -0.2) is 5.78 Å². The third-order valence-electron chi connectivity index (χ3n) is 3.39. The maximum Gasteiger partial charge on any atom is 0.135 e. The standard InChI is InChI=1S/C13H24O/c1-4-13(14)12-7-5-6-11(9-12)8-10(2)3/h10-12H,4-9H2,1-3H3. The molecule has 2 unspecified atom stereocenters. The van der Waals surface area contributed by atoms with Crippen LogP contribution >= 0.6 is 0 Å². The molecule has 82 valence electrons. The third-order valence-corrected chi connectivity index (χ3v) is 3.39. The first kappa shape index (κ1) is 11.7. The highest BCUT2D eigenvalue weighted by Crippen LogP contribution is 2.33. The Labute approximate surface area is 88.3 Å². The minimum absolute atomic E-state index is 0.400. The highest BCUT2D eigenvalue weighted by atomic mass is 16.1. The van der Waals surface area contributed by atoms with Gasteiger partial charge >= 0.3 is 0 Å². The van der Waals surface area contributed by atoms with Crippen molar-refractivity contribution in [1.29, 1.82) is 0 Å². The summed E-state index contributed by atoms with van der Waals surface area (Å²) in [6, 6.07) is 0. The molecule has 0 bridgehead atoms. The Morgan fingerprint density at radius 1 is 1.36 bits per heavy atom. The lowest BCUT2D eigenvalue weighted by Gasteiger charge is -2.29. The summed E-state index contributed by atoms with van der Waals surface area (Å²) in [4.78, 5) is 11.6. The molecule has 0 aromatic carbocycles. The van der Waals surface area contributed by atoms with Gasteiger partial charge in [-0.05, 0) is 31.1 Å². The minimum Gasteiger partial charge on any atom is -0.299 e. The molecule has 1 saturated carbocycles. The Balaban J connectivity index is 2.39. The van der Waals surface area contributed by atoms with Crippen molar-refractivity contribution in [3.8, 4) is 0 Å². The summed E-state index contributed by atoms with van der Waals surface area (Å²) in [7, 11) is 0. The predicted octanol–water partition coefficient (Wildman–Crippen LogP) is 3.82. The van der Waals surface area contributed by atoms with Gasteiger partial charge in [0.2, 0.25) is 0 Å². The lowest BCUT2D eigenvalue weighted by Crippen LogP contribution is -2.23. The summed E-state index contributed by atoms with van der Waals surface area (Å²) in [6.45, 7) is 6.56. The second kappa shape index (κ2) is 5.53. The summed E-state index contributed by atoms with van der Waals surface area (Å²) >= 11 is 0. The van der Waals surface area contributed by atoms with E-state index in [1.54, 1.807) is 0 Å². The molecule has 0 aromatic rings. The van der Waals surface area contributed by atoms with Gasteiger partial charge in [0.05, 0.1) is 0 Å². The smallest absolute Gasteiger partial charge is 0.135 e. The van der Waals surface area contributed by atoms with E-state index in [0.717, 1.165) is 24.7 Å². The van der Waals surface area contributed by atoms with Crippen molar-refractivity contribution in [2.45, 2.75) is 59.3 Å². The van der Waals surface area contributed by atoms with E-state index >= 15 is 0 Å². The molecule has 14 heavy (non-hydrogen) atoms. The Morgan fingerprint density at radius 3 is 2.64 bits per heavy atom. The first-order valence-corrected chi connectivity index (χ1v) is 6.16. The van der Waals surface area contributed by atoms with Crippen LogP contribution in [0.4, 0.5) is 0 Å². The Bertz CT molecular complexity index is 184. The maximum absolute atomic E-state index is 11.6. The third kappa shape index (κ3) is 3.43. The second-order valence-corrected chi connectivity index (χ2v) is 5.18. The van der Waals surface area contributed by atoms with Crippen LogP contribution in [0.1, 0.15) is 59.3 Å². The molecule has 1 fully saturated rings. The van der Waals surface area contributed by atoms with Crippen LogP contribution < -0.4 is 0 Å². The van der Waals surface area contributed by atoms with E-state index in [1.807, 2.05) is 6.92 Å². The van der Waals surface area contributed by atoms with E-state index in [4.69, 9.17) is 0 Å². The second-order valence-electron chi connectivity index (χ2n) is 5.18. The zero-order chi connectivity index (χ0) is 10.6. The van der Waals surface area contributed by atoms with Gasteiger partial charge in [-0.1, -0.05) is 33.6 Å². The molecular weight excluding hydrogens is 172 g/mol. The van der Waals surface area contributed by atoms with Crippen LogP contribution in [0.3, 0.4) is 0 Å². The zero-order valence-corrected chi connectivity index (χ0v) is 9.88. The molecule has 0 aliphatic heterocycles. The number of Topliss-reactive ketones (excluding diaryl/α,β-unsaturated/α-hetero) is 1. The largest absolute Gasteiger partial charge is 0.299 e. The maximum atomic E-state index is 11.6. The number of carbonyl (C=O) groups excluding carboxylic acids is 1. The van der Waals surface area contributed by atoms with E-state index < -0.39 is 0 Å². The molecular formula is C13H24O. The minimum atomic E-state index is 0.400. The summed E-state index contributed by atoms with van der Waals surface area (Å²) in [6.07, 6.45) is 7.00. The number of hydrogen-bond acceptors (Lipinski definition) is 1. The van der Waals surface area contributed by atoms with Gasteiger partial charge in [0.1, 0.15) is 5.78 Å². The number of hydrogen-bond donors (Lipinski definition) is 0. The van der Waals surface area contributed by atoms with Gasteiger partial charge in [-0.25, -0.2) is 0 Å². The Hall–Kier alpha value is -0.330. The molecule has 1 aliphatic rings. The van der Waals surface area contributed by atoms with Gasteiger partial charge in [0.15, 0.2) is 0 Å². The summed E-state index contributed by atoms with van der Waals surface area (Å²) in [5, 5.41) is 0. The quantitative estimate of drug-likeness (QED) is 0.668. The lowest BCUT2D eigenvalue weighted by atomic mass is 9.76. The van der Waals surface area contributed by atoms with Crippen molar-refractivity contribution < 1.29 is 4.79 Å². The Morgan fingerprint density at radius 2 is 2.07 bits per heavy atom. The van der Waals surface area contributed by atoms with Gasteiger partial charge in [-0.15, -0.1) is 0 Å². The topological polar surface area (TPSA) is 17.1 Å². The van der Waals surface area contributed by atoms with Crippen LogP contribution in [0.5, 0.6) is 0 Å². The normalized spacial score (nSPS) is 28.0. The molecule has 0 radical (unpaired) electrons. The van der Waals surface area contributed by atoms with Crippen molar-refractivity contribution in [1.82, 2.24) is 0 Å². The molecule has 0 saturated heterocycles.